The maximum Gasteiger partial charge on any atom is 0.213 e. The molecule has 2 N–H and O–H groups in total. The Hall–Kier alpha value is -2.38. The highest BCUT2D eigenvalue weighted by Gasteiger charge is 2.22. The molecule has 1 fully saturated rings. The number of aliphatic imine (C=N–C) groups is 1. The van der Waals surface area contributed by atoms with Gasteiger partial charge >= 0.3 is 0 Å². The zero-order chi connectivity index (χ0) is 23.1. The van der Waals surface area contributed by atoms with Gasteiger partial charge in [0.1, 0.15) is 5.76 Å². The van der Waals surface area contributed by atoms with E-state index in [4.69, 9.17) is 14.1 Å². The van der Waals surface area contributed by atoms with Crippen LogP contribution in [0.2, 0.25) is 0 Å². The predicted molar refractivity (Wildman–Crippen MR) is 129 cm³/mol. The first-order chi connectivity index (χ1) is 15.2. The van der Waals surface area contributed by atoms with Crippen LogP contribution in [-0.4, -0.2) is 47.7 Å². The standard InChI is InChI=1S/C25H39N5O2/c1-7-26-24(29-14-23-27-13-22(32-23)25(4,5)6)28-12-20-8-10-21(11-9-20)17-30-15-18(2)31-19(3)16-30/h8-11,13,18-19H,7,12,14-17H2,1-6H3,(H2,26,28,29). The largest absolute Gasteiger partial charge is 0.443 e. The minimum Gasteiger partial charge on any atom is -0.443 e. The molecule has 1 aliphatic heterocycles. The number of rotatable bonds is 7. The van der Waals surface area contributed by atoms with Crippen LogP contribution in [0.25, 0.3) is 0 Å². The number of nitrogens with zero attached hydrogens (tertiary/aromatic N) is 3. The van der Waals surface area contributed by atoms with E-state index in [9.17, 15) is 0 Å². The molecule has 0 aliphatic carbocycles. The second-order valence-corrected chi connectivity index (χ2v) is 9.68. The molecule has 1 saturated heterocycles. The molecular formula is C25H39N5O2. The van der Waals surface area contributed by atoms with Gasteiger partial charge in [-0.3, -0.25) is 4.90 Å². The molecule has 2 atom stereocenters. The number of guanidine groups is 1. The lowest BCUT2D eigenvalue weighted by molar-refractivity contribution is -0.0704. The molecule has 0 amide bonds. The number of oxazole rings is 1. The van der Waals surface area contributed by atoms with Gasteiger partial charge in [-0.25, -0.2) is 9.98 Å². The van der Waals surface area contributed by atoms with E-state index >= 15 is 0 Å². The molecule has 1 aliphatic rings. The molecular weight excluding hydrogens is 402 g/mol. The van der Waals surface area contributed by atoms with Crippen LogP contribution in [0.4, 0.5) is 0 Å². The van der Waals surface area contributed by atoms with E-state index < -0.39 is 0 Å². The fourth-order valence-electron chi connectivity index (χ4n) is 3.83. The SMILES string of the molecule is CCNC(=NCc1ccc(CN2CC(C)OC(C)C2)cc1)NCc1ncc(C(C)(C)C)o1. The summed E-state index contributed by atoms with van der Waals surface area (Å²) < 4.78 is 11.7. The molecule has 7 nitrogen and oxygen atoms in total. The Morgan fingerprint density at radius 2 is 1.75 bits per heavy atom. The summed E-state index contributed by atoms with van der Waals surface area (Å²) in [5.41, 5.74) is 2.46. The van der Waals surface area contributed by atoms with Gasteiger partial charge in [0.05, 0.1) is 31.5 Å². The summed E-state index contributed by atoms with van der Waals surface area (Å²) in [4.78, 5) is 11.6. The average molecular weight is 442 g/mol. The van der Waals surface area contributed by atoms with Gasteiger partial charge in [-0.1, -0.05) is 45.0 Å². The number of hydrogen-bond donors (Lipinski definition) is 2. The van der Waals surface area contributed by atoms with Crippen LogP contribution in [-0.2, 0) is 29.8 Å². The zero-order valence-corrected chi connectivity index (χ0v) is 20.4. The van der Waals surface area contributed by atoms with Crippen molar-refractivity contribution in [1.29, 1.82) is 0 Å². The van der Waals surface area contributed by atoms with Crippen LogP contribution in [0.1, 0.15) is 64.3 Å². The molecule has 1 aromatic heterocycles. The molecule has 2 heterocycles. The van der Waals surface area contributed by atoms with Crippen molar-refractivity contribution in [3.63, 3.8) is 0 Å². The van der Waals surface area contributed by atoms with Crippen molar-refractivity contribution in [2.45, 2.75) is 78.8 Å². The van der Waals surface area contributed by atoms with E-state index in [-0.39, 0.29) is 5.41 Å². The molecule has 0 bridgehead atoms. The van der Waals surface area contributed by atoms with Crippen LogP contribution in [0.5, 0.6) is 0 Å². The first-order valence-electron chi connectivity index (χ1n) is 11.7. The Bertz CT molecular complexity index is 859. The first-order valence-corrected chi connectivity index (χ1v) is 11.7. The Labute approximate surface area is 192 Å². The number of aromatic nitrogens is 1. The Morgan fingerprint density at radius 3 is 2.34 bits per heavy atom. The number of hydrogen-bond acceptors (Lipinski definition) is 5. The normalized spacial score (nSPS) is 20.4. The lowest BCUT2D eigenvalue weighted by atomic mass is 9.94. The molecule has 3 rings (SSSR count). The molecule has 1 aromatic carbocycles. The van der Waals surface area contributed by atoms with Gasteiger partial charge in [0.15, 0.2) is 5.96 Å². The van der Waals surface area contributed by atoms with E-state index in [0.29, 0.717) is 31.2 Å². The second kappa shape index (κ2) is 11.0. The molecule has 0 spiro atoms. The van der Waals surface area contributed by atoms with Gasteiger partial charge in [-0.15, -0.1) is 0 Å². The summed E-state index contributed by atoms with van der Waals surface area (Å²) in [6.07, 6.45) is 2.39. The van der Waals surface area contributed by atoms with Crippen LogP contribution in [0.3, 0.4) is 0 Å². The van der Waals surface area contributed by atoms with Crippen molar-refractivity contribution in [3.8, 4) is 0 Å². The van der Waals surface area contributed by atoms with Crippen molar-refractivity contribution >= 4 is 5.96 Å². The van der Waals surface area contributed by atoms with Crippen molar-refractivity contribution in [1.82, 2.24) is 20.5 Å². The van der Waals surface area contributed by atoms with Crippen molar-refractivity contribution in [3.05, 3.63) is 53.2 Å². The van der Waals surface area contributed by atoms with E-state index in [0.717, 1.165) is 37.9 Å². The second-order valence-electron chi connectivity index (χ2n) is 9.68. The monoisotopic (exact) mass is 441 g/mol. The van der Waals surface area contributed by atoms with Crippen LogP contribution < -0.4 is 10.6 Å². The Morgan fingerprint density at radius 1 is 1.09 bits per heavy atom. The van der Waals surface area contributed by atoms with Crippen molar-refractivity contribution < 1.29 is 9.15 Å². The van der Waals surface area contributed by atoms with Crippen LogP contribution >= 0.6 is 0 Å². The minimum absolute atomic E-state index is 0.0473. The summed E-state index contributed by atoms with van der Waals surface area (Å²) in [6, 6.07) is 8.74. The smallest absolute Gasteiger partial charge is 0.213 e. The quantitative estimate of drug-likeness (QED) is 0.502. The fraction of sp³-hybridized carbons (Fsp3) is 0.600. The highest BCUT2D eigenvalue weighted by Crippen LogP contribution is 2.22. The molecule has 2 unspecified atom stereocenters. The van der Waals surface area contributed by atoms with E-state index in [1.54, 1.807) is 6.20 Å². The molecule has 176 valence electrons. The van der Waals surface area contributed by atoms with Crippen molar-refractivity contribution in [2.75, 3.05) is 19.6 Å². The summed E-state index contributed by atoms with van der Waals surface area (Å²) >= 11 is 0. The van der Waals surface area contributed by atoms with Gasteiger partial charge in [0.25, 0.3) is 0 Å². The summed E-state index contributed by atoms with van der Waals surface area (Å²) in [7, 11) is 0. The third kappa shape index (κ3) is 7.35. The number of ether oxygens (including phenoxy) is 1. The van der Waals surface area contributed by atoms with E-state index in [1.165, 1.54) is 11.1 Å². The first kappa shape index (κ1) is 24.3. The maximum absolute atomic E-state index is 5.86. The highest BCUT2D eigenvalue weighted by atomic mass is 16.5. The molecule has 2 aromatic rings. The van der Waals surface area contributed by atoms with Gasteiger partial charge in [0.2, 0.25) is 5.89 Å². The Balaban J connectivity index is 1.53. The minimum atomic E-state index is -0.0473. The molecule has 7 heteroatoms. The maximum atomic E-state index is 5.86. The Kier molecular flexibility index (Phi) is 8.32. The summed E-state index contributed by atoms with van der Waals surface area (Å²) in [6.45, 7) is 17.5. The van der Waals surface area contributed by atoms with Crippen LogP contribution in [0, 0.1) is 0 Å². The number of nitrogens with one attached hydrogen (secondary N) is 2. The van der Waals surface area contributed by atoms with Crippen molar-refractivity contribution in [2.24, 2.45) is 4.99 Å². The topological polar surface area (TPSA) is 74.9 Å². The average Bonchev–Trinajstić information content (AvgIpc) is 3.20. The van der Waals surface area contributed by atoms with E-state index in [2.05, 4.69) is 86.3 Å². The zero-order valence-electron chi connectivity index (χ0n) is 20.4. The highest BCUT2D eigenvalue weighted by molar-refractivity contribution is 5.79. The summed E-state index contributed by atoms with van der Waals surface area (Å²) in [5, 5.41) is 6.59. The van der Waals surface area contributed by atoms with Gasteiger partial charge < -0.3 is 19.8 Å². The van der Waals surface area contributed by atoms with Gasteiger partial charge in [0, 0.05) is 31.6 Å². The van der Waals surface area contributed by atoms with Crippen LogP contribution in [0.15, 0.2) is 39.9 Å². The lowest BCUT2D eigenvalue weighted by Gasteiger charge is -2.35. The third-order valence-corrected chi connectivity index (χ3v) is 5.39. The fourth-order valence-corrected chi connectivity index (χ4v) is 3.83. The molecule has 32 heavy (non-hydrogen) atoms. The third-order valence-electron chi connectivity index (χ3n) is 5.39. The van der Waals surface area contributed by atoms with Gasteiger partial charge in [-0.2, -0.15) is 0 Å². The molecule has 0 radical (unpaired) electrons. The molecule has 0 saturated carbocycles. The van der Waals surface area contributed by atoms with Gasteiger partial charge in [-0.05, 0) is 31.9 Å². The van der Waals surface area contributed by atoms with E-state index in [1.807, 2.05) is 0 Å². The summed E-state index contributed by atoms with van der Waals surface area (Å²) in [5.74, 6) is 2.30. The predicted octanol–water partition coefficient (Wildman–Crippen LogP) is 3.84. The number of morpholine rings is 1. The lowest BCUT2D eigenvalue weighted by Crippen LogP contribution is -2.44. The number of benzene rings is 1.